The van der Waals surface area contributed by atoms with Crippen molar-refractivity contribution in [3.05, 3.63) is 35.5 Å². The molecular formula is C13H11NO3. The smallest absolute Gasteiger partial charge is 0.337 e. The van der Waals surface area contributed by atoms with Crippen LogP contribution in [0.5, 0.6) is 0 Å². The Balaban J connectivity index is 2.45. The van der Waals surface area contributed by atoms with Gasteiger partial charge in [-0.25, -0.2) is 4.79 Å². The van der Waals surface area contributed by atoms with E-state index < -0.39 is 5.97 Å². The summed E-state index contributed by atoms with van der Waals surface area (Å²) in [5.74, 6) is 4.71. The highest BCUT2D eigenvalue weighted by molar-refractivity contribution is 6.03. The average Bonchev–Trinajstić information content (AvgIpc) is 2.72. The number of aliphatic hydroxyl groups is 1. The fraction of sp³-hybridized carbons (Fsp3) is 0.154. The summed E-state index contributed by atoms with van der Waals surface area (Å²) in [6.07, 6.45) is 1.88. The summed E-state index contributed by atoms with van der Waals surface area (Å²) in [6.45, 7) is 0.0276. The largest absolute Gasteiger partial charge is 0.478 e. The second-order valence-electron chi connectivity index (χ2n) is 3.54. The molecule has 2 rings (SSSR count). The molecule has 86 valence electrons. The van der Waals surface area contributed by atoms with Gasteiger partial charge in [0, 0.05) is 29.1 Å². The zero-order chi connectivity index (χ0) is 12.3. The van der Waals surface area contributed by atoms with Gasteiger partial charge in [0.15, 0.2) is 0 Å². The summed E-state index contributed by atoms with van der Waals surface area (Å²) in [4.78, 5) is 13.9. The number of carboxylic acids is 1. The second kappa shape index (κ2) is 4.73. The minimum Gasteiger partial charge on any atom is -0.478 e. The van der Waals surface area contributed by atoms with E-state index in [2.05, 4.69) is 16.8 Å². The maximum Gasteiger partial charge on any atom is 0.337 e. The molecule has 0 spiro atoms. The van der Waals surface area contributed by atoms with Gasteiger partial charge in [-0.3, -0.25) is 0 Å². The lowest BCUT2D eigenvalue weighted by atomic mass is 10.1. The van der Waals surface area contributed by atoms with Crippen LogP contribution in [0.4, 0.5) is 0 Å². The van der Waals surface area contributed by atoms with Crippen molar-refractivity contribution in [2.45, 2.75) is 6.42 Å². The van der Waals surface area contributed by atoms with Crippen LogP contribution in [0.15, 0.2) is 24.4 Å². The molecule has 0 aliphatic rings. The van der Waals surface area contributed by atoms with E-state index in [0.717, 1.165) is 11.1 Å². The lowest BCUT2D eigenvalue weighted by molar-refractivity contribution is 0.0699. The highest BCUT2D eigenvalue weighted by Gasteiger charge is 2.09. The zero-order valence-corrected chi connectivity index (χ0v) is 9.03. The molecule has 0 fully saturated rings. The molecule has 4 heteroatoms. The number of benzene rings is 1. The van der Waals surface area contributed by atoms with E-state index in [1.54, 1.807) is 12.1 Å². The monoisotopic (exact) mass is 229 g/mol. The van der Waals surface area contributed by atoms with Gasteiger partial charge >= 0.3 is 5.97 Å². The van der Waals surface area contributed by atoms with Gasteiger partial charge in [0.1, 0.15) is 0 Å². The molecule has 2 aromatic rings. The first-order chi connectivity index (χ1) is 8.22. The summed E-state index contributed by atoms with van der Waals surface area (Å²) in [5.41, 5.74) is 1.76. The van der Waals surface area contributed by atoms with E-state index in [4.69, 9.17) is 10.2 Å². The van der Waals surface area contributed by atoms with Crippen LogP contribution in [0.1, 0.15) is 22.3 Å². The standard InChI is InChI=1S/C13H11NO3/c15-6-2-1-3-9-4-5-12-10(7-9)11(8-14-12)13(16)17/h4-5,7-8,14-15H,2,6H2,(H,16,17). The molecule has 3 N–H and O–H groups in total. The van der Waals surface area contributed by atoms with E-state index >= 15 is 0 Å². The number of aliphatic hydroxyl groups excluding tert-OH is 1. The number of aromatic carboxylic acids is 1. The van der Waals surface area contributed by atoms with E-state index in [1.165, 1.54) is 6.20 Å². The number of nitrogens with one attached hydrogen (secondary N) is 1. The molecule has 1 aromatic carbocycles. The van der Waals surface area contributed by atoms with E-state index in [0.29, 0.717) is 11.8 Å². The van der Waals surface area contributed by atoms with Gasteiger partial charge < -0.3 is 15.2 Å². The van der Waals surface area contributed by atoms with E-state index in [-0.39, 0.29) is 12.2 Å². The summed E-state index contributed by atoms with van der Waals surface area (Å²) >= 11 is 0. The van der Waals surface area contributed by atoms with Crippen molar-refractivity contribution in [1.82, 2.24) is 4.98 Å². The number of aromatic nitrogens is 1. The van der Waals surface area contributed by atoms with Gasteiger partial charge in [-0.2, -0.15) is 0 Å². The first-order valence-corrected chi connectivity index (χ1v) is 5.16. The fourth-order valence-corrected chi connectivity index (χ4v) is 1.60. The molecule has 0 unspecified atom stereocenters. The molecular weight excluding hydrogens is 218 g/mol. The van der Waals surface area contributed by atoms with Crippen molar-refractivity contribution in [3.8, 4) is 11.8 Å². The van der Waals surface area contributed by atoms with Crippen molar-refractivity contribution in [1.29, 1.82) is 0 Å². The Labute approximate surface area is 97.9 Å². The summed E-state index contributed by atoms with van der Waals surface area (Å²) in [6, 6.07) is 5.35. The zero-order valence-electron chi connectivity index (χ0n) is 9.03. The quantitative estimate of drug-likeness (QED) is 0.685. The van der Waals surface area contributed by atoms with Crippen LogP contribution in [-0.2, 0) is 0 Å². The molecule has 0 amide bonds. The summed E-state index contributed by atoms with van der Waals surface area (Å²) in [7, 11) is 0. The predicted octanol–water partition coefficient (Wildman–Crippen LogP) is 1.60. The molecule has 4 nitrogen and oxygen atoms in total. The highest BCUT2D eigenvalue weighted by Crippen LogP contribution is 2.19. The molecule has 1 aromatic heterocycles. The van der Waals surface area contributed by atoms with Crippen molar-refractivity contribution < 1.29 is 15.0 Å². The Morgan fingerprint density at radius 1 is 1.41 bits per heavy atom. The van der Waals surface area contributed by atoms with Crippen LogP contribution in [0, 0.1) is 11.8 Å². The summed E-state index contributed by atoms with van der Waals surface area (Å²) in [5, 5.41) is 18.2. The number of rotatable bonds is 2. The van der Waals surface area contributed by atoms with Crippen molar-refractivity contribution in [2.75, 3.05) is 6.61 Å². The third-order valence-electron chi connectivity index (χ3n) is 2.38. The molecule has 0 aliphatic heterocycles. The van der Waals surface area contributed by atoms with Gasteiger partial charge in [0.2, 0.25) is 0 Å². The lowest BCUT2D eigenvalue weighted by Gasteiger charge is -1.94. The fourth-order valence-electron chi connectivity index (χ4n) is 1.60. The number of hydrogen-bond acceptors (Lipinski definition) is 2. The van der Waals surface area contributed by atoms with Gasteiger partial charge in [-0.15, -0.1) is 0 Å². The Bertz CT molecular complexity index is 616. The van der Waals surface area contributed by atoms with Gasteiger partial charge in [0.25, 0.3) is 0 Å². The van der Waals surface area contributed by atoms with Crippen LogP contribution in [0.25, 0.3) is 10.9 Å². The molecule has 0 bridgehead atoms. The molecule has 0 saturated carbocycles. The molecule has 17 heavy (non-hydrogen) atoms. The number of carbonyl (C=O) groups is 1. The maximum atomic E-state index is 11.0. The SMILES string of the molecule is O=C(O)c1c[nH]c2ccc(C#CCCO)cc12. The minimum absolute atomic E-state index is 0.0276. The third kappa shape index (κ3) is 2.30. The number of carboxylic acid groups (broad SMARTS) is 1. The van der Waals surface area contributed by atoms with Crippen LogP contribution in [-0.4, -0.2) is 27.8 Å². The second-order valence-corrected chi connectivity index (χ2v) is 3.54. The predicted molar refractivity (Wildman–Crippen MR) is 63.8 cm³/mol. The Morgan fingerprint density at radius 2 is 2.24 bits per heavy atom. The number of aromatic amines is 1. The normalized spacial score (nSPS) is 9.94. The number of H-pyrrole nitrogens is 1. The first kappa shape index (κ1) is 11.2. The number of fused-ring (bicyclic) bond motifs is 1. The highest BCUT2D eigenvalue weighted by atomic mass is 16.4. The Hall–Kier alpha value is -2.25. The van der Waals surface area contributed by atoms with E-state index in [9.17, 15) is 4.79 Å². The Kier molecular flexibility index (Phi) is 3.12. The van der Waals surface area contributed by atoms with Gasteiger partial charge in [0.05, 0.1) is 12.2 Å². The summed E-state index contributed by atoms with van der Waals surface area (Å²) < 4.78 is 0. The van der Waals surface area contributed by atoms with Crippen LogP contribution in [0.2, 0.25) is 0 Å². The molecule has 0 atom stereocenters. The molecule has 0 radical (unpaired) electrons. The minimum atomic E-state index is -0.961. The average molecular weight is 229 g/mol. The van der Waals surface area contributed by atoms with Gasteiger partial charge in [-0.05, 0) is 18.2 Å². The number of hydrogen-bond donors (Lipinski definition) is 3. The van der Waals surface area contributed by atoms with Crippen LogP contribution >= 0.6 is 0 Å². The molecule has 0 aliphatic carbocycles. The topological polar surface area (TPSA) is 73.3 Å². The Morgan fingerprint density at radius 3 is 2.94 bits per heavy atom. The van der Waals surface area contributed by atoms with Crippen LogP contribution < -0.4 is 0 Å². The first-order valence-electron chi connectivity index (χ1n) is 5.16. The third-order valence-corrected chi connectivity index (χ3v) is 2.38. The molecule has 1 heterocycles. The maximum absolute atomic E-state index is 11.0. The van der Waals surface area contributed by atoms with Gasteiger partial charge in [-0.1, -0.05) is 11.8 Å². The lowest BCUT2D eigenvalue weighted by Crippen LogP contribution is -1.93. The molecule has 0 saturated heterocycles. The van der Waals surface area contributed by atoms with Crippen molar-refractivity contribution >= 4 is 16.9 Å². The van der Waals surface area contributed by atoms with Crippen molar-refractivity contribution in [2.24, 2.45) is 0 Å². The van der Waals surface area contributed by atoms with Crippen molar-refractivity contribution in [3.63, 3.8) is 0 Å². The van der Waals surface area contributed by atoms with E-state index in [1.807, 2.05) is 6.07 Å². The van der Waals surface area contributed by atoms with Crippen LogP contribution in [0.3, 0.4) is 0 Å².